The lowest BCUT2D eigenvalue weighted by Crippen LogP contribution is -1.84. The maximum Gasteiger partial charge on any atom is 0.0283 e. The van der Waals surface area contributed by atoms with Crippen LogP contribution in [-0.4, -0.2) is 0 Å². The van der Waals surface area contributed by atoms with Crippen LogP contribution in [0.15, 0.2) is 66.7 Å². The molecule has 0 heterocycles. The Balaban J connectivity index is 1.74. The molecule has 2 rings (SSSR count). The third kappa shape index (κ3) is 5.04. The van der Waals surface area contributed by atoms with E-state index < -0.39 is 0 Å². The lowest BCUT2D eigenvalue weighted by Gasteiger charge is -1.99. The van der Waals surface area contributed by atoms with Crippen LogP contribution in [0.3, 0.4) is 0 Å². The van der Waals surface area contributed by atoms with Crippen LogP contribution in [0.1, 0.15) is 23.1 Å². The minimum absolute atomic E-state index is 0.931. The molecule has 0 bridgehead atoms. The number of aryl methyl sites for hydroxylation is 1. The average molecular weight is 315 g/mol. The van der Waals surface area contributed by atoms with Crippen LogP contribution in [0, 0.1) is 0 Å². The van der Waals surface area contributed by atoms with E-state index in [4.69, 9.17) is 0 Å². The fourth-order valence-corrected chi connectivity index (χ4v) is 2.37. The summed E-state index contributed by atoms with van der Waals surface area (Å²) in [5.41, 5.74) is 4.12. The van der Waals surface area contributed by atoms with Gasteiger partial charge in [0.05, 0.1) is 0 Å². The topological polar surface area (TPSA) is 0 Å². The van der Waals surface area contributed by atoms with Crippen molar-refractivity contribution in [2.45, 2.75) is 24.6 Å². The summed E-state index contributed by atoms with van der Waals surface area (Å²) in [4.78, 5) is 0. The van der Waals surface area contributed by atoms with E-state index in [0.29, 0.717) is 0 Å². The van der Waals surface area contributed by atoms with Gasteiger partial charge in [-0.05, 0) is 36.0 Å². The quantitative estimate of drug-likeness (QED) is 0.500. The second-order valence-electron chi connectivity index (χ2n) is 4.65. The van der Waals surface area contributed by atoms with Gasteiger partial charge in [-0.3, -0.25) is 0 Å². The van der Waals surface area contributed by atoms with Crippen LogP contribution in [0.4, 0.5) is 0 Å². The zero-order chi connectivity index (χ0) is 13.3. The van der Waals surface area contributed by atoms with E-state index in [9.17, 15) is 0 Å². The highest BCUT2D eigenvalue weighted by Crippen LogP contribution is 2.09. The molecule has 0 aromatic heterocycles. The number of halogens is 1. The molecule has 0 unspecified atom stereocenters. The SMILES string of the molecule is BrCc1ccc(C/C=C/CCc2ccccc2)cc1. The molecule has 0 N–H and O–H groups in total. The summed E-state index contributed by atoms with van der Waals surface area (Å²) >= 11 is 3.46. The molecule has 0 atom stereocenters. The largest absolute Gasteiger partial charge is 0.0879 e. The standard InChI is InChI=1S/C18H19Br/c19-15-18-13-11-17(12-14-18)10-6-2-5-9-16-7-3-1-4-8-16/h1-4,6-8,11-14H,5,9-10,15H2/b6-2+. The Morgan fingerprint density at radius 2 is 1.42 bits per heavy atom. The number of allylic oxidation sites excluding steroid dienone is 2. The van der Waals surface area contributed by atoms with Crippen LogP contribution >= 0.6 is 15.9 Å². The van der Waals surface area contributed by atoms with E-state index in [1.165, 1.54) is 16.7 Å². The van der Waals surface area contributed by atoms with Crippen LogP contribution in [0.2, 0.25) is 0 Å². The summed E-state index contributed by atoms with van der Waals surface area (Å²) < 4.78 is 0. The molecule has 0 saturated carbocycles. The van der Waals surface area contributed by atoms with Gasteiger partial charge in [0, 0.05) is 5.33 Å². The van der Waals surface area contributed by atoms with Crippen molar-refractivity contribution in [3.05, 3.63) is 83.4 Å². The van der Waals surface area contributed by atoms with Crippen molar-refractivity contribution in [2.75, 3.05) is 0 Å². The zero-order valence-corrected chi connectivity index (χ0v) is 12.6. The van der Waals surface area contributed by atoms with Crippen LogP contribution in [0.5, 0.6) is 0 Å². The third-order valence-electron chi connectivity index (χ3n) is 3.14. The molecule has 2 aromatic rings. The monoisotopic (exact) mass is 314 g/mol. The maximum atomic E-state index is 3.46. The predicted molar refractivity (Wildman–Crippen MR) is 86.7 cm³/mol. The van der Waals surface area contributed by atoms with Crippen molar-refractivity contribution in [2.24, 2.45) is 0 Å². The number of hydrogen-bond donors (Lipinski definition) is 0. The molecule has 0 spiro atoms. The summed E-state index contributed by atoms with van der Waals surface area (Å²) in [7, 11) is 0. The number of alkyl halides is 1. The van der Waals surface area contributed by atoms with Gasteiger partial charge in [-0.2, -0.15) is 0 Å². The summed E-state index contributed by atoms with van der Waals surface area (Å²) in [6.45, 7) is 0. The molecule has 0 radical (unpaired) electrons. The Labute approximate surface area is 124 Å². The Kier molecular flexibility index (Phi) is 5.90. The molecule has 19 heavy (non-hydrogen) atoms. The molecule has 1 heteroatoms. The smallest absolute Gasteiger partial charge is 0.0283 e. The average Bonchev–Trinajstić information content (AvgIpc) is 2.49. The lowest BCUT2D eigenvalue weighted by molar-refractivity contribution is 0.994. The van der Waals surface area contributed by atoms with Crippen molar-refractivity contribution < 1.29 is 0 Å². The first-order valence-corrected chi connectivity index (χ1v) is 7.83. The normalized spacial score (nSPS) is 11.0. The minimum atomic E-state index is 0.931. The van der Waals surface area contributed by atoms with Gasteiger partial charge in [-0.25, -0.2) is 0 Å². The van der Waals surface area contributed by atoms with Crippen molar-refractivity contribution in [1.82, 2.24) is 0 Å². The van der Waals surface area contributed by atoms with Crippen molar-refractivity contribution in [3.63, 3.8) is 0 Å². The van der Waals surface area contributed by atoms with E-state index in [1.54, 1.807) is 0 Å². The van der Waals surface area contributed by atoms with Gasteiger partial charge in [0.1, 0.15) is 0 Å². The molecular weight excluding hydrogens is 296 g/mol. The van der Waals surface area contributed by atoms with Gasteiger partial charge in [0.15, 0.2) is 0 Å². The van der Waals surface area contributed by atoms with Gasteiger partial charge in [0.2, 0.25) is 0 Å². The van der Waals surface area contributed by atoms with Crippen LogP contribution in [-0.2, 0) is 18.2 Å². The Bertz CT molecular complexity index is 497. The lowest BCUT2D eigenvalue weighted by atomic mass is 10.1. The molecule has 0 aliphatic heterocycles. The zero-order valence-electron chi connectivity index (χ0n) is 11.1. The van der Waals surface area contributed by atoms with E-state index in [1.807, 2.05) is 0 Å². The molecular formula is C18H19Br. The van der Waals surface area contributed by atoms with Gasteiger partial charge in [0.25, 0.3) is 0 Å². The second kappa shape index (κ2) is 7.96. The highest BCUT2D eigenvalue weighted by Gasteiger charge is 1.92. The van der Waals surface area contributed by atoms with E-state index >= 15 is 0 Å². The second-order valence-corrected chi connectivity index (χ2v) is 5.21. The summed E-state index contributed by atoms with van der Waals surface area (Å²) in [6.07, 6.45) is 7.82. The first kappa shape index (κ1) is 14.1. The Morgan fingerprint density at radius 1 is 0.737 bits per heavy atom. The summed E-state index contributed by atoms with van der Waals surface area (Å²) in [5, 5.41) is 0.931. The van der Waals surface area contributed by atoms with Crippen molar-refractivity contribution in [3.8, 4) is 0 Å². The van der Waals surface area contributed by atoms with Crippen molar-refractivity contribution >= 4 is 15.9 Å². The third-order valence-corrected chi connectivity index (χ3v) is 3.79. The molecule has 2 aromatic carbocycles. The predicted octanol–water partition coefficient (Wildman–Crippen LogP) is 5.31. The molecule has 0 aliphatic carbocycles. The number of hydrogen-bond acceptors (Lipinski definition) is 0. The molecule has 0 fully saturated rings. The van der Waals surface area contributed by atoms with E-state index in [0.717, 1.165) is 24.6 Å². The minimum Gasteiger partial charge on any atom is -0.0879 e. The van der Waals surface area contributed by atoms with E-state index in [2.05, 4.69) is 82.7 Å². The molecule has 0 nitrogen and oxygen atoms in total. The maximum absolute atomic E-state index is 3.46. The van der Waals surface area contributed by atoms with Gasteiger partial charge >= 0.3 is 0 Å². The van der Waals surface area contributed by atoms with Crippen LogP contribution < -0.4 is 0 Å². The van der Waals surface area contributed by atoms with E-state index in [-0.39, 0.29) is 0 Å². The fraction of sp³-hybridized carbons (Fsp3) is 0.222. The highest BCUT2D eigenvalue weighted by molar-refractivity contribution is 9.08. The summed E-state index contributed by atoms with van der Waals surface area (Å²) in [5.74, 6) is 0. The highest BCUT2D eigenvalue weighted by atomic mass is 79.9. The summed E-state index contributed by atoms with van der Waals surface area (Å²) in [6, 6.07) is 19.4. The first-order chi connectivity index (χ1) is 9.38. The van der Waals surface area contributed by atoms with Gasteiger partial charge in [-0.15, -0.1) is 0 Å². The van der Waals surface area contributed by atoms with Gasteiger partial charge < -0.3 is 0 Å². The van der Waals surface area contributed by atoms with Gasteiger partial charge in [-0.1, -0.05) is 82.7 Å². The van der Waals surface area contributed by atoms with Crippen molar-refractivity contribution in [1.29, 1.82) is 0 Å². The first-order valence-electron chi connectivity index (χ1n) is 6.71. The number of benzene rings is 2. The number of rotatable bonds is 6. The molecule has 0 amide bonds. The van der Waals surface area contributed by atoms with Crippen LogP contribution in [0.25, 0.3) is 0 Å². The molecule has 0 saturated heterocycles. The fourth-order valence-electron chi connectivity index (χ4n) is 2.00. The Hall–Kier alpha value is -1.34. The Morgan fingerprint density at radius 3 is 2.11 bits per heavy atom. The molecule has 0 aliphatic rings. The molecule has 98 valence electrons.